The molecular weight excluding hydrogens is 317 g/mol. The molecule has 0 radical (unpaired) electrons. The number of benzene rings is 1. The third-order valence-corrected chi connectivity index (χ3v) is 4.75. The number of thiophene rings is 1. The highest BCUT2D eigenvalue weighted by Crippen LogP contribution is 2.31. The quantitative estimate of drug-likeness (QED) is 0.768. The molecule has 102 valence electrons. The van der Waals surface area contributed by atoms with E-state index in [4.69, 9.17) is 23.2 Å². The first-order valence-corrected chi connectivity index (χ1v) is 7.36. The zero-order valence-corrected chi connectivity index (χ0v) is 12.4. The van der Waals surface area contributed by atoms with Crippen molar-refractivity contribution in [2.24, 2.45) is 0 Å². The standard InChI is InChI=1S/C13H9Cl2N3OS/c14-9-4-11(20-12(9)15)13(19)16-5-7-2-1-3-10-8(7)6-17-18-10/h1-4,6H,5H2,(H,16,19)(H,17,18). The Labute approximate surface area is 128 Å². The normalized spacial score (nSPS) is 10.9. The summed E-state index contributed by atoms with van der Waals surface area (Å²) in [4.78, 5) is 12.5. The van der Waals surface area contributed by atoms with Crippen molar-refractivity contribution in [2.75, 3.05) is 0 Å². The lowest BCUT2D eigenvalue weighted by molar-refractivity contribution is 0.0955. The van der Waals surface area contributed by atoms with Crippen molar-refractivity contribution in [1.29, 1.82) is 0 Å². The zero-order chi connectivity index (χ0) is 14.1. The number of H-pyrrole nitrogens is 1. The molecule has 0 atom stereocenters. The Balaban J connectivity index is 1.76. The number of hydrogen-bond acceptors (Lipinski definition) is 3. The maximum atomic E-state index is 12.0. The minimum atomic E-state index is -0.190. The van der Waals surface area contributed by atoms with Gasteiger partial charge in [-0.25, -0.2) is 0 Å². The molecule has 20 heavy (non-hydrogen) atoms. The molecule has 3 rings (SSSR count). The van der Waals surface area contributed by atoms with Gasteiger partial charge < -0.3 is 5.32 Å². The number of nitrogens with one attached hydrogen (secondary N) is 2. The molecule has 2 aromatic heterocycles. The Morgan fingerprint density at radius 1 is 1.40 bits per heavy atom. The highest BCUT2D eigenvalue weighted by atomic mass is 35.5. The average molecular weight is 326 g/mol. The van der Waals surface area contributed by atoms with E-state index in [0.29, 0.717) is 20.8 Å². The van der Waals surface area contributed by atoms with Gasteiger partial charge in [-0.15, -0.1) is 11.3 Å². The number of carbonyl (C=O) groups is 1. The SMILES string of the molecule is O=C(NCc1cccc2[nH]ncc12)c1cc(Cl)c(Cl)s1. The van der Waals surface area contributed by atoms with Crippen LogP contribution in [0.4, 0.5) is 0 Å². The number of amides is 1. The average Bonchev–Trinajstić information content (AvgIpc) is 3.03. The van der Waals surface area contributed by atoms with Crippen molar-refractivity contribution in [2.45, 2.75) is 6.54 Å². The zero-order valence-electron chi connectivity index (χ0n) is 10.1. The largest absolute Gasteiger partial charge is 0.347 e. The number of halogens is 2. The van der Waals surface area contributed by atoms with Crippen molar-refractivity contribution in [3.8, 4) is 0 Å². The smallest absolute Gasteiger partial charge is 0.261 e. The van der Waals surface area contributed by atoms with E-state index in [1.807, 2.05) is 18.2 Å². The predicted molar refractivity (Wildman–Crippen MR) is 81.6 cm³/mol. The molecular formula is C13H9Cl2N3OS. The van der Waals surface area contributed by atoms with Crippen LogP contribution in [0.2, 0.25) is 9.36 Å². The van der Waals surface area contributed by atoms with Crippen LogP contribution in [0.25, 0.3) is 10.9 Å². The first-order chi connectivity index (χ1) is 9.65. The topological polar surface area (TPSA) is 57.8 Å². The van der Waals surface area contributed by atoms with Crippen LogP contribution in [0.1, 0.15) is 15.2 Å². The van der Waals surface area contributed by atoms with E-state index in [-0.39, 0.29) is 5.91 Å². The van der Waals surface area contributed by atoms with Crippen molar-refractivity contribution < 1.29 is 4.79 Å². The van der Waals surface area contributed by atoms with Gasteiger partial charge >= 0.3 is 0 Å². The second kappa shape index (κ2) is 5.44. The van der Waals surface area contributed by atoms with Gasteiger partial charge in [-0.05, 0) is 17.7 Å². The van der Waals surface area contributed by atoms with Crippen molar-refractivity contribution in [3.05, 3.63) is 50.3 Å². The molecule has 0 spiro atoms. The van der Waals surface area contributed by atoms with Gasteiger partial charge in [0.05, 0.1) is 21.6 Å². The summed E-state index contributed by atoms with van der Waals surface area (Å²) >= 11 is 12.9. The predicted octanol–water partition coefficient (Wildman–Crippen LogP) is 3.86. The summed E-state index contributed by atoms with van der Waals surface area (Å²) in [6.07, 6.45) is 1.75. The van der Waals surface area contributed by atoms with E-state index in [2.05, 4.69) is 15.5 Å². The van der Waals surface area contributed by atoms with Crippen LogP contribution in [0.15, 0.2) is 30.5 Å². The van der Waals surface area contributed by atoms with Crippen molar-refractivity contribution >= 4 is 51.3 Å². The Bertz CT molecular complexity index is 761. The van der Waals surface area contributed by atoms with Crippen LogP contribution >= 0.6 is 34.5 Å². The van der Waals surface area contributed by atoms with Crippen LogP contribution < -0.4 is 5.32 Å². The number of hydrogen-bond donors (Lipinski definition) is 2. The van der Waals surface area contributed by atoms with Gasteiger partial charge in [0.15, 0.2) is 0 Å². The molecule has 0 aliphatic carbocycles. The summed E-state index contributed by atoms with van der Waals surface area (Å²) < 4.78 is 0.425. The first-order valence-electron chi connectivity index (χ1n) is 5.79. The van der Waals surface area contributed by atoms with Crippen LogP contribution in [0, 0.1) is 0 Å². The Hall–Kier alpha value is -1.56. The molecule has 0 fully saturated rings. The highest BCUT2D eigenvalue weighted by molar-refractivity contribution is 7.18. The number of aromatic amines is 1. The minimum absolute atomic E-state index is 0.190. The molecule has 0 saturated heterocycles. The lowest BCUT2D eigenvalue weighted by Gasteiger charge is -2.04. The minimum Gasteiger partial charge on any atom is -0.347 e. The molecule has 0 saturated carbocycles. The Morgan fingerprint density at radius 2 is 2.25 bits per heavy atom. The fourth-order valence-corrected chi connectivity index (χ4v) is 3.19. The molecule has 4 nitrogen and oxygen atoms in total. The molecule has 0 unspecified atom stereocenters. The van der Waals surface area contributed by atoms with Crippen LogP contribution in [0.3, 0.4) is 0 Å². The number of carbonyl (C=O) groups excluding carboxylic acids is 1. The summed E-state index contributed by atoms with van der Waals surface area (Å²) in [5.74, 6) is -0.190. The molecule has 1 aromatic carbocycles. The lowest BCUT2D eigenvalue weighted by atomic mass is 10.1. The number of nitrogens with zero attached hydrogens (tertiary/aromatic N) is 1. The highest BCUT2D eigenvalue weighted by Gasteiger charge is 2.12. The monoisotopic (exact) mass is 325 g/mol. The van der Waals surface area contributed by atoms with Gasteiger partial charge in [-0.1, -0.05) is 35.3 Å². The van der Waals surface area contributed by atoms with Gasteiger partial charge in [-0.2, -0.15) is 5.10 Å². The van der Waals surface area contributed by atoms with Gasteiger partial charge in [-0.3, -0.25) is 9.89 Å². The Kier molecular flexibility index (Phi) is 3.65. The van der Waals surface area contributed by atoms with Gasteiger partial charge in [0.2, 0.25) is 0 Å². The first kappa shape index (κ1) is 13.4. The summed E-state index contributed by atoms with van der Waals surface area (Å²) in [7, 11) is 0. The third-order valence-electron chi connectivity index (χ3n) is 2.88. The van der Waals surface area contributed by atoms with E-state index in [1.54, 1.807) is 12.3 Å². The van der Waals surface area contributed by atoms with E-state index in [9.17, 15) is 4.79 Å². The molecule has 0 bridgehead atoms. The maximum Gasteiger partial charge on any atom is 0.261 e. The van der Waals surface area contributed by atoms with Gasteiger partial charge in [0.1, 0.15) is 4.34 Å². The van der Waals surface area contributed by atoms with Crippen molar-refractivity contribution in [1.82, 2.24) is 15.5 Å². The van der Waals surface area contributed by atoms with Crippen LogP contribution in [-0.2, 0) is 6.54 Å². The molecule has 0 aliphatic heterocycles. The number of fused-ring (bicyclic) bond motifs is 1. The Morgan fingerprint density at radius 3 is 3.00 bits per heavy atom. The number of aromatic nitrogens is 2. The fraction of sp³-hybridized carbons (Fsp3) is 0.0769. The van der Waals surface area contributed by atoms with E-state index in [1.165, 1.54) is 11.3 Å². The van der Waals surface area contributed by atoms with Crippen molar-refractivity contribution in [3.63, 3.8) is 0 Å². The third kappa shape index (κ3) is 2.52. The summed E-state index contributed by atoms with van der Waals surface area (Å²) in [6, 6.07) is 7.38. The summed E-state index contributed by atoms with van der Waals surface area (Å²) in [5, 5.41) is 11.1. The number of rotatable bonds is 3. The summed E-state index contributed by atoms with van der Waals surface area (Å²) in [6.45, 7) is 0.419. The van der Waals surface area contributed by atoms with Gasteiger partial charge in [0, 0.05) is 11.9 Å². The van der Waals surface area contributed by atoms with Crippen LogP contribution in [0.5, 0.6) is 0 Å². The molecule has 2 N–H and O–H groups in total. The van der Waals surface area contributed by atoms with E-state index < -0.39 is 0 Å². The molecule has 0 aliphatic rings. The van der Waals surface area contributed by atoms with Gasteiger partial charge in [0.25, 0.3) is 5.91 Å². The van der Waals surface area contributed by atoms with E-state index >= 15 is 0 Å². The van der Waals surface area contributed by atoms with Crippen LogP contribution in [-0.4, -0.2) is 16.1 Å². The lowest BCUT2D eigenvalue weighted by Crippen LogP contribution is -2.21. The second-order valence-corrected chi connectivity index (χ2v) is 6.22. The molecule has 1 amide bonds. The summed E-state index contributed by atoms with van der Waals surface area (Å²) in [5.41, 5.74) is 1.94. The molecule has 2 heterocycles. The molecule has 3 aromatic rings. The fourth-order valence-electron chi connectivity index (χ4n) is 1.90. The molecule has 7 heteroatoms. The second-order valence-electron chi connectivity index (χ2n) is 4.16. The van der Waals surface area contributed by atoms with E-state index in [0.717, 1.165) is 16.5 Å². The maximum absolute atomic E-state index is 12.0.